The predicted molar refractivity (Wildman–Crippen MR) is 120 cm³/mol. The Kier molecular flexibility index (Phi) is 5.02. The van der Waals surface area contributed by atoms with E-state index in [0.717, 1.165) is 15.7 Å². The van der Waals surface area contributed by atoms with E-state index in [9.17, 15) is 14.8 Å². The monoisotopic (exact) mass is 442 g/mol. The molecule has 3 aromatic carbocycles. The van der Waals surface area contributed by atoms with E-state index in [4.69, 9.17) is 14.0 Å². The van der Waals surface area contributed by atoms with Gasteiger partial charge in [-0.05, 0) is 35.9 Å². The van der Waals surface area contributed by atoms with Crippen molar-refractivity contribution in [3.63, 3.8) is 0 Å². The molecule has 0 amide bonds. The molecule has 0 aliphatic heterocycles. The van der Waals surface area contributed by atoms with Gasteiger partial charge in [0.1, 0.15) is 12.2 Å². The lowest BCUT2D eigenvalue weighted by molar-refractivity contribution is -0.567. The standard InChI is InChI=1S/C25H18N2O6/c1-31-25(29)17-12-10-16(11-13-17)15-32-27-20-8-4-3-7-19(20)26(30)23(24(27)28)22-14-18-6-2-5-9-21(18)33-22/h2-14H,15H2,1H3. The van der Waals surface area contributed by atoms with Crippen molar-refractivity contribution in [2.45, 2.75) is 6.61 Å². The fraction of sp³-hybridized carbons (Fsp3) is 0.0800. The number of methoxy groups -OCH3 is 1. The second-order valence-corrected chi connectivity index (χ2v) is 7.34. The van der Waals surface area contributed by atoms with Crippen molar-refractivity contribution in [1.82, 2.24) is 4.73 Å². The average molecular weight is 442 g/mol. The van der Waals surface area contributed by atoms with Gasteiger partial charge in [0.25, 0.3) is 0 Å². The summed E-state index contributed by atoms with van der Waals surface area (Å²) in [6.07, 6.45) is 0. The van der Waals surface area contributed by atoms with Crippen LogP contribution < -0.4 is 15.1 Å². The van der Waals surface area contributed by atoms with Crippen molar-refractivity contribution < 1.29 is 23.5 Å². The highest BCUT2D eigenvalue weighted by Crippen LogP contribution is 2.25. The van der Waals surface area contributed by atoms with Crippen LogP contribution in [-0.2, 0) is 11.3 Å². The number of nitrogens with zero attached hydrogens (tertiary/aromatic N) is 2. The van der Waals surface area contributed by atoms with Crippen molar-refractivity contribution in [2.24, 2.45) is 0 Å². The maximum atomic E-state index is 13.4. The summed E-state index contributed by atoms with van der Waals surface area (Å²) < 4.78 is 12.2. The van der Waals surface area contributed by atoms with E-state index >= 15 is 0 Å². The molecular weight excluding hydrogens is 424 g/mol. The van der Waals surface area contributed by atoms with E-state index in [2.05, 4.69) is 0 Å². The maximum absolute atomic E-state index is 13.4. The van der Waals surface area contributed by atoms with Crippen LogP contribution in [0.1, 0.15) is 15.9 Å². The third-order valence-electron chi connectivity index (χ3n) is 5.30. The summed E-state index contributed by atoms with van der Waals surface area (Å²) in [5.74, 6) is -0.287. The lowest BCUT2D eigenvalue weighted by Gasteiger charge is -2.13. The molecule has 8 heteroatoms. The van der Waals surface area contributed by atoms with Gasteiger partial charge in [-0.15, -0.1) is 4.73 Å². The summed E-state index contributed by atoms with van der Waals surface area (Å²) in [5.41, 5.74) is 1.46. The molecule has 0 spiro atoms. The summed E-state index contributed by atoms with van der Waals surface area (Å²) in [6, 6.07) is 22.2. The molecular formula is C25H18N2O6. The third kappa shape index (κ3) is 3.57. The van der Waals surface area contributed by atoms with E-state index in [0.29, 0.717) is 21.4 Å². The smallest absolute Gasteiger partial charge is 0.361 e. The normalized spacial score (nSPS) is 11.1. The second-order valence-electron chi connectivity index (χ2n) is 7.34. The van der Waals surface area contributed by atoms with Crippen LogP contribution in [0.5, 0.6) is 0 Å². The Hall–Kier alpha value is -4.59. The number of para-hydroxylation sites is 3. The zero-order valence-electron chi connectivity index (χ0n) is 17.6. The molecule has 0 bridgehead atoms. The Bertz CT molecular complexity index is 1520. The lowest BCUT2D eigenvalue weighted by Crippen LogP contribution is -2.42. The summed E-state index contributed by atoms with van der Waals surface area (Å²) in [6.45, 7) is 0.0355. The van der Waals surface area contributed by atoms with Gasteiger partial charge in [0, 0.05) is 11.5 Å². The number of hydrogen-bond acceptors (Lipinski definition) is 6. The summed E-state index contributed by atoms with van der Waals surface area (Å²) in [5, 5.41) is 13.9. The number of carbonyl (C=O) groups excluding carboxylic acids is 1. The van der Waals surface area contributed by atoms with Crippen LogP contribution in [-0.4, -0.2) is 17.8 Å². The van der Waals surface area contributed by atoms with Gasteiger partial charge in [0.2, 0.25) is 11.3 Å². The number of aromatic nitrogens is 2. The molecule has 0 aliphatic rings. The fourth-order valence-electron chi connectivity index (χ4n) is 3.65. The third-order valence-corrected chi connectivity index (χ3v) is 5.30. The SMILES string of the molecule is COC(=O)c1ccc(COn2c(=O)c(-c3cc4ccccc4o3)[n+]([O-])c3ccccc32)cc1. The molecule has 0 saturated heterocycles. The van der Waals surface area contributed by atoms with Crippen LogP contribution in [0.2, 0.25) is 0 Å². The Balaban J connectivity index is 1.58. The topological polar surface area (TPSA) is 97.6 Å². The summed E-state index contributed by atoms with van der Waals surface area (Å²) >= 11 is 0. The van der Waals surface area contributed by atoms with Crippen LogP contribution in [0.3, 0.4) is 0 Å². The Morgan fingerprint density at radius 2 is 1.76 bits per heavy atom. The molecule has 0 unspecified atom stereocenters. The predicted octanol–water partition coefficient (Wildman–Crippen LogP) is 3.46. The van der Waals surface area contributed by atoms with Gasteiger partial charge in [-0.25, -0.2) is 4.79 Å². The zero-order chi connectivity index (χ0) is 22.9. The number of hydrogen-bond donors (Lipinski definition) is 0. The van der Waals surface area contributed by atoms with Crippen molar-refractivity contribution >= 4 is 28.0 Å². The number of fused-ring (bicyclic) bond motifs is 2. The summed E-state index contributed by atoms with van der Waals surface area (Å²) in [4.78, 5) is 30.9. The van der Waals surface area contributed by atoms with Gasteiger partial charge >= 0.3 is 17.2 Å². The number of esters is 1. The molecule has 0 atom stereocenters. The number of furan rings is 1. The van der Waals surface area contributed by atoms with Gasteiger partial charge in [-0.3, -0.25) is 4.79 Å². The van der Waals surface area contributed by atoms with Gasteiger partial charge in [0.15, 0.2) is 5.52 Å². The highest BCUT2D eigenvalue weighted by Gasteiger charge is 2.26. The molecule has 5 rings (SSSR count). The first-order valence-corrected chi connectivity index (χ1v) is 10.1. The lowest BCUT2D eigenvalue weighted by atomic mass is 10.1. The molecule has 0 N–H and O–H groups in total. The van der Waals surface area contributed by atoms with Crippen molar-refractivity contribution in [3.05, 3.63) is 106 Å². The largest absolute Gasteiger partial charge is 0.618 e. The molecule has 2 aromatic heterocycles. The van der Waals surface area contributed by atoms with Crippen molar-refractivity contribution in [3.8, 4) is 11.5 Å². The molecule has 8 nitrogen and oxygen atoms in total. The molecule has 164 valence electrons. The van der Waals surface area contributed by atoms with Crippen molar-refractivity contribution in [2.75, 3.05) is 7.11 Å². The minimum Gasteiger partial charge on any atom is -0.618 e. The fourth-order valence-corrected chi connectivity index (χ4v) is 3.65. The van der Waals surface area contributed by atoms with Crippen molar-refractivity contribution in [1.29, 1.82) is 0 Å². The molecule has 0 fully saturated rings. The highest BCUT2D eigenvalue weighted by molar-refractivity contribution is 5.89. The summed E-state index contributed by atoms with van der Waals surface area (Å²) in [7, 11) is 1.31. The zero-order valence-corrected chi connectivity index (χ0v) is 17.6. The maximum Gasteiger partial charge on any atom is 0.361 e. The first-order chi connectivity index (χ1) is 16.1. The van der Waals surface area contributed by atoms with E-state index in [1.165, 1.54) is 7.11 Å². The Morgan fingerprint density at radius 3 is 2.52 bits per heavy atom. The van der Waals surface area contributed by atoms with E-state index in [1.807, 2.05) is 18.2 Å². The first-order valence-electron chi connectivity index (χ1n) is 10.1. The molecule has 0 radical (unpaired) electrons. The minimum absolute atomic E-state index is 0.0355. The first kappa shape index (κ1) is 20.3. The highest BCUT2D eigenvalue weighted by atomic mass is 16.7. The molecule has 33 heavy (non-hydrogen) atoms. The molecule has 5 aromatic rings. The van der Waals surface area contributed by atoms with Gasteiger partial charge in [-0.1, -0.05) is 42.5 Å². The Labute approximate surface area is 187 Å². The van der Waals surface area contributed by atoms with E-state index in [-0.39, 0.29) is 23.6 Å². The number of carbonyl (C=O) groups is 1. The van der Waals surface area contributed by atoms with Gasteiger partial charge in [-0.2, -0.15) is 4.73 Å². The number of benzene rings is 3. The molecule has 2 heterocycles. The number of rotatable bonds is 5. The van der Waals surface area contributed by atoms with Gasteiger partial charge < -0.3 is 19.2 Å². The van der Waals surface area contributed by atoms with E-state index < -0.39 is 11.5 Å². The second kappa shape index (κ2) is 8.16. The number of ether oxygens (including phenoxy) is 1. The van der Waals surface area contributed by atoms with E-state index in [1.54, 1.807) is 60.7 Å². The van der Waals surface area contributed by atoms with Crippen LogP contribution in [0.25, 0.3) is 33.5 Å². The molecule has 0 saturated carbocycles. The van der Waals surface area contributed by atoms with Gasteiger partial charge in [0.05, 0.1) is 12.7 Å². The Morgan fingerprint density at radius 1 is 1.03 bits per heavy atom. The average Bonchev–Trinajstić information content (AvgIpc) is 3.27. The van der Waals surface area contributed by atoms with Crippen LogP contribution >= 0.6 is 0 Å². The van der Waals surface area contributed by atoms with Crippen LogP contribution in [0.15, 0.2) is 88.1 Å². The quantitative estimate of drug-likeness (QED) is 0.235. The van der Waals surface area contributed by atoms with Crippen LogP contribution in [0, 0.1) is 5.21 Å². The van der Waals surface area contributed by atoms with Crippen LogP contribution in [0.4, 0.5) is 0 Å². The molecule has 0 aliphatic carbocycles. The minimum atomic E-state index is -0.645.